The third-order valence-electron chi connectivity index (χ3n) is 3.98. The van der Waals surface area contributed by atoms with Crippen molar-refractivity contribution < 1.29 is 19.1 Å². The summed E-state index contributed by atoms with van der Waals surface area (Å²) in [7, 11) is 1.55. The Balaban J connectivity index is 1.46. The van der Waals surface area contributed by atoms with Gasteiger partial charge >= 0.3 is 0 Å². The third-order valence-corrected chi connectivity index (χ3v) is 5.14. The summed E-state index contributed by atoms with van der Waals surface area (Å²) in [6.45, 7) is 0.585. The number of methoxy groups -OCH3 is 1. The van der Waals surface area contributed by atoms with Crippen molar-refractivity contribution in [3.05, 3.63) is 64.7 Å². The van der Waals surface area contributed by atoms with Gasteiger partial charge in [0.25, 0.3) is 5.91 Å². The SMILES string of the molecule is COc1ccc(C(=O)Nc2nnc(CC(=O)NN=Cc3ccc(OCCBr)cc3)s2)cc1. The smallest absolute Gasteiger partial charge is 0.257 e. The third kappa shape index (κ3) is 7.13. The van der Waals surface area contributed by atoms with E-state index in [1.54, 1.807) is 31.4 Å². The molecular weight excluding hydrogens is 498 g/mol. The lowest BCUT2D eigenvalue weighted by molar-refractivity contribution is -0.120. The number of carbonyl (C=O) groups is 2. The molecule has 0 fully saturated rings. The minimum absolute atomic E-state index is 0.00721. The summed E-state index contributed by atoms with van der Waals surface area (Å²) in [5.41, 5.74) is 3.72. The van der Waals surface area contributed by atoms with E-state index in [2.05, 4.69) is 42.0 Å². The van der Waals surface area contributed by atoms with E-state index in [0.717, 1.165) is 28.0 Å². The summed E-state index contributed by atoms with van der Waals surface area (Å²) >= 11 is 4.42. The molecule has 0 unspecified atom stereocenters. The molecule has 11 heteroatoms. The zero-order chi connectivity index (χ0) is 22.8. The fourth-order valence-electron chi connectivity index (χ4n) is 2.45. The molecule has 9 nitrogen and oxygen atoms in total. The van der Waals surface area contributed by atoms with Crippen LogP contribution in [0.3, 0.4) is 0 Å². The minimum atomic E-state index is -0.345. The van der Waals surface area contributed by atoms with Gasteiger partial charge in [-0.1, -0.05) is 27.3 Å². The summed E-state index contributed by atoms with van der Waals surface area (Å²) in [4.78, 5) is 24.4. The van der Waals surface area contributed by atoms with E-state index in [9.17, 15) is 9.59 Å². The van der Waals surface area contributed by atoms with Gasteiger partial charge in [-0.25, -0.2) is 5.43 Å². The Labute approximate surface area is 197 Å². The van der Waals surface area contributed by atoms with Crippen LogP contribution in [0.25, 0.3) is 0 Å². The number of hydrazone groups is 1. The number of nitrogens with zero attached hydrogens (tertiary/aromatic N) is 3. The summed E-state index contributed by atoms with van der Waals surface area (Å²) < 4.78 is 10.5. The Kier molecular flexibility index (Phi) is 8.70. The minimum Gasteiger partial charge on any atom is -0.497 e. The number of aromatic nitrogens is 2. The second kappa shape index (κ2) is 11.9. The highest BCUT2D eigenvalue weighted by atomic mass is 79.9. The first-order chi connectivity index (χ1) is 15.6. The van der Waals surface area contributed by atoms with Crippen molar-refractivity contribution in [3.63, 3.8) is 0 Å². The summed E-state index contributed by atoms with van der Waals surface area (Å²) in [6, 6.07) is 14.0. The maximum atomic E-state index is 12.3. The number of amides is 2. The first-order valence-corrected chi connectivity index (χ1v) is 11.4. The molecule has 166 valence electrons. The van der Waals surface area contributed by atoms with Gasteiger partial charge in [-0.15, -0.1) is 10.2 Å². The first-order valence-electron chi connectivity index (χ1n) is 9.46. The van der Waals surface area contributed by atoms with Gasteiger partial charge in [0.2, 0.25) is 11.0 Å². The number of hydrogen-bond donors (Lipinski definition) is 2. The van der Waals surface area contributed by atoms with Crippen LogP contribution in [-0.4, -0.2) is 47.3 Å². The molecule has 3 rings (SSSR count). The van der Waals surface area contributed by atoms with Crippen LogP contribution < -0.4 is 20.2 Å². The van der Waals surface area contributed by atoms with Crippen LogP contribution in [0.15, 0.2) is 53.6 Å². The second-order valence-corrected chi connectivity index (χ2v) is 8.12. The van der Waals surface area contributed by atoms with E-state index < -0.39 is 0 Å². The molecule has 3 aromatic rings. The number of hydrogen-bond acceptors (Lipinski definition) is 8. The Bertz CT molecular complexity index is 1070. The molecule has 0 spiro atoms. The number of rotatable bonds is 10. The van der Waals surface area contributed by atoms with Gasteiger partial charge in [-0.2, -0.15) is 5.10 Å². The largest absolute Gasteiger partial charge is 0.497 e. The topological polar surface area (TPSA) is 115 Å². The van der Waals surface area contributed by atoms with Crippen LogP contribution >= 0.6 is 27.3 Å². The predicted molar refractivity (Wildman–Crippen MR) is 126 cm³/mol. The van der Waals surface area contributed by atoms with Crippen molar-refractivity contribution >= 4 is 50.4 Å². The van der Waals surface area contributed by atoms with Crippen molar-refractivity contribution in [2.45, 2.75) is 6.42 Å². The number of anilines is 1. The molecule has 0 aliphatic heterocycles. The number of nitrogens with one attached hydrogen (secondary N) is 2. The average molecular weight is 518 g/mol. The fraction of sp³-hybridized carbons (Fsp3) is 0.190. The van der Waals surface area contributed by atoms with Gasteiger partial charge in [-0.3, -0.25) is 14.9 Å². The van der Waals surface area contributed by atoms with Crippen LogP contribution in [0.5, 0.6) is 11.5 Å². The van der Waals surface area contributed by atoms with Crippen LogP contribution in [-0.2, 0) is 11.2 Å². The summed E-state index contributed by atoms with van der Waals surface area (Å²) in [6.07, 6.45) is 1.53. The number of benzene rings is 2. The second-order valence-electron chi connectivity index (χ2n) is 6.26. The zero-order valence-electron chi connectivity index (χ0n) is 17.1. The standard InChI is InChI=1S/C21H20BrN5O4S/c1-30-16-8-4-15(5-9-16)20(29)24-21-27-26-19(32-21)12-18(28)25-23-13-14-2-6-17(7-3-14)31-11-10-22/h2-9,13H,10-12H2,1H3,(H,25,28)(H,24,27,29). The lowest BCUT2D eigenvalue weighted by Crippen LogP contribution is -2.19. The van der Waals surface area contributed by atoms with E-state index in [1.807, 2.05) is 24.3 Å². The molecule has 0 bridgehead atoms. The van der Waals surface area contributed by atoms with Crippen molar-refractivity contribution in [3.8, 4) is 11.5 Å². The number of alkyl halides is 1. The van der Waals surface area contributed by atoms with E-state index in [-0.39, 0.29) is 18.2 Å². The van der Waals surface area contributed by atoms with Crippen LogP contribution in [0.2, 0.25) is 0 Å². The van der Waals surface area contributed by atoms with Crippen LogP contribution in [0, 0.1) is 0 Å². The quantitative estimate of drug-likeness (QED) is 0.242. The monoisotopic (exact) mass is 517 g/mol. The average Bonchev–Trinajstić information content (AvgIpc) is 3.25. The van der Waals surface area contributed by atoms with E-state index in [0.29, 0.717) is 28.1 Å². The number of carbonyl (C=O) groups excluding carboxylic acids is 2. The summed E-state index contributed by atoms with van der Waals surface area (Å²) in [5.74, 6) is 0.747. The first kappa shape index (κ1) is 23.4. The maximum Gasteiger partial charge on any atom is 0.257 e. The molecule has 1 aromatic heterocycles. The lowest BCUT2D eigenvalue weighted by atomic mass is 10.2. The van der Waals surface area contributed by atoms with E-state index in [1.165, 1.54) is 6.21 Å². The molecule has 0 saturated carbocycles. The molecular formula is C21H20BrN5O4S. The zero-order valence-corrected chi connectivity index (χ0v) is 19.5. The predicted octanol–water partition coefficient (Wildman–Crippen LogP) is 3.27. The van der Waals surface area contributed by atoms with Crippen molar-refractivity contribution in [1.29, 1.82) is 0 Å². The molecule has 2 amide bonds. The lowest BCUT2D eigenvalue weighted by Gasteiger charge is -2.03. The highest BCUT2D eigenvalue weighted by Gasteiger charge is 2.12. The van der Waals surface area contributed by atoms with Gasteiger partial charge < -0.3 is 9.47 Å². The molecule has 0 atom stereocenters. The van der Waals surface area contributed by atoms with E-state index >= 15 is 0 Å². The molecule has 0 radical (unpaired) electrons. The Morgan fingerprint density at radius 1 is 1.09 bits per heavy atom. The molecule has 0 aliphatic rings. The fourth-order valence-corrected chi connectivity index (χ4v) is 3.34. The van der Waals surface area contributed by atoms with Crippen molar-refractivity contribution in [1.82, 2.24) is 15.6 Å². The van der Waals surface area contributed by atoms with Gasteiger partial charge in [-0.05, 0) is 54.1 Å². The highest BCUT2D eigenvalue weighted by molar-refractivity contribution is 9.09. The number of halogens is 1. The maximum absolute atomic E-state index is 12.3. The Hall–Kier alpha value is -3.31. The van der Waals surface area contributed by atoms with Gasteiger partial charge in [0, 0.05) is 10.9 Å². The van der Waals surface area contributed by atoms with Gasteiger partial charge in [0.15, 0.2) is 0 Å². The Morgan fingerprint density at radius 3 is 2.50 bits per heavy atom. The molecule has 32 heavy (non-hydrogen) atoms. The normalized spacial score (nSPS) is 10.7. The molecule has 2 N–H and O–H groups in total. The molecule has 2 aromatic carbocycles. The van der Waals surface area contributed by atoms with E-state index in [4.69, 9.17) is 9.47 Å². The summed E-state index contributed by atoms with van der Waals surface area (Å²) in [5, 5.41) is 16.0. The molecule has 0 saturated heterocycles. The van der Waals surface area contributed by atoms with Gasteiger partial charge in [0.05, 0.1) is 26.4 Å². The highest BCUT2D eigenvalue weighted by Crippen LogP contribution is 2.18. The van der Waals surface area contributed by atoms with Gasteiger partial charge in [0.1, 0.15) is 16.5 Å². The molecule has 1 heterocycles. The van der Waals surface area contributed by atoms with Crippen molar-refractivity contribution in [2.75, 3.05) is 24.4 Å². The molecule has 0 aliphatic carbocycles. The number of ether oxygens (including phenoxy) is 2. The van der Waals surface area contributed by atoms with Crippen LogP contribution in [0.4, 0.5) is 5.13 Å². The van der Waals surface area contributed by atoms with Crippen molar-refractivity contribution in [2.24, 2.45) is 5.10 Å². The Morgan fingerprint density at radius 2 is 1.81 bits per heavy atom. The van der Waals surface area contributed by atoms with Crippen LogP contribution in [0.1, 0.15) is 20.9 Å².